The minimum Gasteiger partial charge on any atom is -0.507 e. The molecule has 0 saturated heterocycles. The van der Waals surface area contributed by atoms with Crippen LogP contribution in [0.15, 0.2) is 23.3 Å². The minimum atomic E-state index is -0.638. The van der Waals surface area contributed by atoms with Gasteiger partial charge < -0.3 is 9.84 Å². The molecule has 86 valence electrons. The number of aromatic hydroxyl groups is 1. The van der Waals surface area contributed by atoms with Crippen molar-refractivity contribution in [3.8, 4) is 17.6 Å². The molecule has 0 heterocycles. The van der Waals surface area contributed by atoms with Gasteiger partial charge in [0.05, 0.1) is 13.7 Å². The summed E-state index contributed by atoms with van der Waals surface area (Å²) < 4.78 is 4.50. The lowest BCUT2D eigenvalue weighted by molar-refractivity contribution is 0.0597. The molecule has 6 nitrogen and oxygen atoms in total. The lowest BCUT2D eigenvalue weighted by Crippen LogP contribution is -2.01. The standard InChI is InChI=1S/C11H9N3O3/c1-17-11(16)9-7-8(4-5-10(9)15)3-2-6-13-14-12/h4-5,7,15H,6H2,1H3. The first kappa shape index (κ1) is 12.4. The van der Waals surface area contributed by atoms with Gasteiger partial charge in [-0.05, 0) is 23.7 Å². The van der Waals surface area contributed by atoms with Crippen LogP contribution in [0.4, 0.5) is 0 Å². The quantitative estimate of drug-likeness (QED) is 0.276. The van der Waals surface area contributed by atoms with Crippen LogP contribution in [0.1, 0.15) is 15.9 Å². The molecule has 0 aromatic heterocycles. The summed E-state index contributed by atoms with van der Waals surface area (Å²) in [4.78, 5) is 13.8. The first-order valence-corrected chi connectivity index (χ1v) is 4.60. The molecule has 0 aliphatic rings. The Hall–Kier alpha value is -2.64. The van der Waals surface area contributed by atoms with E-state index in [0.717, 1.165) is 0 Å². The predicted octanol–water partition coefficient (Wildman–Crippen LogP) is 1.84. The summed E-state index contributed by atoms with van der Waals surface area (Å²) >= 11 is 0. The van der Waals surface area contributed by atoms with Crippen molar-refractivity contribution in [2.75, 3.05) is 13.7 Å². The first-order chi connectivity index (χ1) is 8.19. The Labute approximate surface area is 97.5 Å². The van der Waals surface area contributed by atoms with Crippen molar-refractivity contribution >= 4 is 5.97 Å². The van der Waals surface area contributed by atoms with E-state index in [-0.39, 0.29) is 17.9 Å². The van der Waals surface area contributed by atoms with Crippen molar-refractivity contribution in [1.82, 2.24) is 0 Å². The molecule has 0 radical (unpaired) electrons. The van der Waals surface area contributed by atoms with Crippen molar-refractivity contribution in [1.29, 1.82) is 0 Å². The molecule has 1 aromatic rings. The van der Waals surface area contributed by atoms with Crippen molar-refractivity contribution in [2.24, 2.45) is 5.11 Å². The van der Waals surface area contributed by atoms with E-state index in [1.54, 1.807) is 6.07 Å². The van der Waals surface area contributed by atoms with Crippen LogP contribution in [0.2, 0.25) is 0 Å². The normalized spacial score (nSPS) is 8.53. The fraction of sp³-hybridized carbons (Fsp3) is 0.182. The summed E-state index contributed by atoms with van der Waals surface area (Å²) in [5, 5.41) is 12.7. The number of methoxy groups -OCH3 is 1. The van der Waals surface area contributed by atoms with Gasteiger partial charge >= 0.3 is 5.97 Å². The van der Waals surface area contributed by atoms with E-state index in [4.69, 9.17) is 5.53 Å². The molecule has 0 fully saturated rings. The number of hydrogen-bond donors (Lipinski definition) is 1. The zero-order valence-corrected chi connectivity index (χ0v) is 9.04. The van der Waals surface area contributed by atoms with E-state index in [2.05, 4.69) is 26.6 Å². The minimum absolute atomic E-state index is 0.0445. The van der Waals surface area contributed by atoms with E-state index in [1.165, 1.54) is 19.2 Å². The number of phenols is 1. The molecule has 0 saturated carbocycles. The number of carbonyl (C=O) groups is 1. The Morgan fingerprint density at radius 1 is 1.65 bits per heavy atom. The second-order valence-electron chi connectivity index (χ2n) is 2.91. The van der Waals surface area contributed by atoms with Crippen LogP contribution < -0.4 is 0 Å². The van der Waals surface area contributed by atoms with Crippen LogP contribution in [0.5, 0.6) is 5.75 Å². The summed E-state index contributed by atoms with van der Waals surface area (Å²) in [5.74, 6) is 4.49. The number of phenolic OH excluding ortho intramolecular Hbond substituents is 1. The van der Waals surface area contributed by atoms with Crippen LogP contribution in [-0.2, 0) is 4.74 Å². The molecule has 0 amide bonds. The number of rotatable bonds is 2. The third-order valence-corrected chi connectivity index (χ3v) is 1.85. The van der Waals surface area contributed by atoms with E-state index in [0.29, 0.717) is 5.56 Å². The molecule has 1 N–H and O–H groups in total. The molecule has 0 atom stereocenters. The van der Waals surface area contributed by atoms with Gasteiger partial charge in [-0.25, -0.2) is 4.79 Å². The largest absolute Gasteiger partial charge is 0.507 e. The van der Waals surface area contributed by atoms with Gasteiger partial charge in [-0.15, -0.1) is 0 Å². The van der Waals surface area contributed by atoms with E-state index < -0.39 is 5.97 Å². The molecule has 1 aromatic carbocycles. The topological polar surface area (TPSA) is 95.3 Å². The van der Waals surface area contributed by atoms with Gasteiger partial charge in [0.25, 0.3) is 0 Å². The zero-order chi connectivity index (χ0) is 12.7. The maximum absolute atomic E-state index is 11.3. The van der Waals surface area contributed by atoms with E-state index >= 15 is 0 Å². The van der Waals surface area contributed by atoms with Crippen molar-refractivity contribution in [3.05, 3.63) is 39.8 Å². The highest BCUT2D eigenvalue weighted by atomic mass is 16.5. The summed E-state index contributed by atoms with van der Waals surface area (Å²) in [7, 11) is 1.22. The van der Waals surface area contributed by atoms with Gasteiger partial charge in [0.1, 0.15) is 11.3 Å². The summed E-state index contributed by atoms with van der Waals surface area (Å²) in [6.07, 6.45) is 0. The maximum Gasteiger partial charge on any atom is 0.341 e. The Bertz CT molecular complexity index is 537. The molecule has 1 rings (SSSR count). The second kappa shape index (κ2) is 6.05. The molecule has 0 spiro atoms. The van der Waals surface area contributed by atoms with E-state index in [1.807, 2.05) is 0 Å². The van der Waals surface area contributed by atoms with Crippen LogP contribution in [0, 0.1) is 11.8 Å². The molecule has 0 aliphatic carbocycles. The predicted molar refractivity (Wildman–Crippen MR) is 60.3 cm³/mol. The maximum atomic E-state index is 11.3. The van der Waals surface area contributed by atoms with Gasteiger partial charge in [0.15, 0.2) is 0 Å². The van der Waals surface area contributed by atoms with Gasteiger partial charge in [-0.3, -0.25) is 0 Å². The number of hydrogen-bond acceptors (Lipinski definition) is 4. The molecule has 17 heavy (non-hydrogen) atoms. The van der Waals surface area contributed by atoms with Crippen molar-refractivity contribution < 1.29 is 14.6 Å². The van der Waals surface area contributed by atoms with Gasteiger partial charge in [-0.1, -0.05) is 17.0 Å². The fourth-order valence-electron chi connectivity index (χ4n) is 1.10. The summed E-state index contributed by atoms with van der Waals surface area (Å²) in [6.45, 7) is 0.0466. The highest BCUT2D eigenvalue weighted by molar-refractivity contribution is 5.92. The lowest BCUT2D eigenvalue weighted by atomic mass is 10.1. The van der Waals surface area contributed by atoms with Crippen LogP contribution >= 0.6 is 0 Å². The van der Waals surface area contributed by atoms with Crippen LogP contribution in [0.25, 0.3) is 10.4 Å². The third-order valence-electron chi connectivity index (χ3n) is 1.85. The van der Waals surface area contributed by atoms with Crippen molar-refractivity contribution in [3.63, 3.8) is 0 Å². The van der Waals surface area contributed by atoms with Crippen molar-refractivity contribution in [2.45, 2.75) is 0 Å². The molecule has 0 unspecified atom stereocenters. The van der Waals surface area contributed by atoms with Gasteiger partial charge in [0, 0.05) is 10.5 Å². The Morgan fingerprint density at radius 3 is 3.06 bits per heavy atom. The average molecular weight is 231 g/mol. The summed E-state index contributed by atoms with van der Waals surface area (Å²) in [5.41, 5.74) is 8.61. The number of benzene rings is 1. The second-order valence-corrected chi connectivity index (χ2v) is 2.91. The van der Waals surface area contributed by atoms with Gasteiger partial charge in [0.2, 0.25) is 0 Å². The highest BCUT2D eigenvalue weighted by Gasteiger charge is 2.11. The van der Waals surface area contributed by atoms with Crippen LogP contribution in [0.3, 0.4) is 0 Å². The van der Waals surface area contributed by atoms with Crippen LogP contribution in [-0.4, -0.2) is 24.7 Å². The Balaban J connectivity index is 2.98. The van der Waals surface area contributed by atoms with E-state index in [9.17, 15) is 9.90 Å². The molecular weight excluding hydrogens is 222 g/mol. The molecule has 0 bridgehead atoms. The Kier molecular flexibility index (Phi) is 4.43. The van der Waals surface area contributed by atoms with Gasteiger partial charge in [-0.2, -0.15) is 0 Å². The number of azide groups is 1. The number of ether oxygens (including phenoxy) is 1. The lowest BCUT2D eigenvalue weighted by Gasteiger charge is -2.02. The number of nitrogens with zero attached hydrogens (tertiary/aromatic N) is 3. The SMILES string of the molecule is COC(=O)c1cc(C#CCN=[N+]=[N-])ccc1O. The first-order valence-electron chi connectivity index (χ1n) is 4.60. The third kappa shape index (κ3) is 3.45. The Morgan fingerprint density at radius 2 is 2.41 bits per heavy atom. The molecule has 0 aliphatic heterocycles. The summed E-state index contributed by atoms with van der Waals surface area (Å²) in [6, 6.07) is 4.30. The fourth-order valence-corrected chi connectivity index (χ4v) is 1.10. The number of carbonyl (C=O) groups excluding carboxylic acids is 1. The number of esters is 1. The average Bonchev–Trinajstić information content (AvgIpc) is 2.35. The monoisotopic (exact) mass is 231 g/mol. The zero-order valence-electron chi connectivity index (χ0n) is 9.04. The highest BCUT2D eigenvalue weighted by Crippen LogP contribution is 2.18. The molecular formula is C11H9N3O3. The molecule has 6 heteroatoms. The smallest absolute Gasteiger partial charge is 0.341 e.